The molecule has 0 unspecified atom stereocenters. The molecule has 0 aliphatic carbocycles. The predicted molar refractivity (Wildman–Crippen MR) is 86.1 cm³/mol. The van der Waals surface area contributed by atoms with Gasteiger partial charge < -0.3 is 9.67 Å². The van der Waals surface area contributed by atoms with Gasteiger partial charge in [0.2, 0.25) is 10.0 Å². The van der Waals surface area contributed by atoms with Crippen molar-refractivity contribution in [3.63, 3.8) is 0 Å². The lowest BCUT2D eigenvalue weighted by atomic mass is 10.3. The first-order valence-corrected chi connectivity index (χ1v) is 8.85. The molecular formula is C15H18N4O4S. The van der Waals surface area contributed by atoms with E-state index in [4.69, 9.17) is 0 Å². The maximum Gasteiger partial charge on any atom is 0.352 e. The van der Waals surface area contributed by atoms with E-state index in [1.165, 1.54) is 21.0 Å². The van der Waals surface area contributed by atoms with Crippen molar-refractivity contribution in [3.05, 3.63) is 48.1 Å². The number of carboxylic acid groups (broad SMARTS) is 1. The lowest BCUT2D eigenvalue weighted by Gasteiger charge is -2.27. The Morgan fingerprint density at radius 1 is 1.46 bits per heavy atom. The number of hydrogen-bond donors (Lipinski definition) is 1. The molecule has 0 fully saturated rings. The smallest absolute Gasteiger partial charge is 0.352 e. The summed E-state index contributed by atoms with van der Waals surface area (Å²) in [5, 5.41) is 13.5. The Balaban J connectivity index is 2.03. The molecule has 3 heterocycles. The molecule has 0 spiro atoms. The Hall–Kier alpha value is -2.39. The van der Waals surface area contributed by atoms with Crippen LogP contribution in [0.4, 0.5) is 0 Å². The number of aromatic nitrogens is 3. The molecule has 24 heavy (non-hydrogen) atoms. The van der Waals surface area contributed by atoms with Gasteiger partial charge in [0.05, 0.1) is 18.8 Å². The number of sulfonamides is 1. The van der Waals surface area contributed by atoms with Crippen molar-refractivity contribution in [2.45, 2.75) is 31.5 Å². The highest BCUT2D eigenvalue weighted by Gasteiger charge is 2.32. The highest BCUT2D eigenvalue weighted by molar-refractivity contribution is 7.89. The van der Waals surface area contributed by atoms with Gasteiger partial charge in [0.1, 0.15) is 10.6 Å². The van der Waals surface area contributed by atoms with Crippen LogP contribution < -0.4 is 0 Å². The van der Waals surface area contributed by atoms with Gasteiger partial charge in [0.15, 0.2) is 0 Å². The zero-order valence-electron chi connectivity index (χ0n) is 13.2. The fraction of sp³-hybridized carbons (Fsp3) is 0.333. The summed E-state index contributed by atoms with van der Waals surface area (Å²) >= 11 is 0. The molecule has 0 bridgehead atoms. The van der Waals surface area contributed by atoms with Gasteiger partial charge in [-0.3, -0.25) is 4.68 Å². The minimum Gasteiger partial charge on any atom is -0.477 e. The van der Waals surface area contributed by atoms with Crippen LogP contribution in [0.15, 0.2) is 35.9 Å². The average Bonchev–Trinajstić information content (AvgIpc) is 3.12. The SMILES string of the molecule is C=CCn1c(C(=O)O)cc(S(=O)(=O)N2CCn3nccc3C2)c1C. The summed E-state index contributed by atoms with van der Waals surface area (Å²) in [4.78, 5) is 11.4. The Labute approximate surface area is 139 Å². The second-order valence-electron chi connectivity index (χ2n) is 5.57. The Kier molecular flexibility index (Phi) is 4.06. The van der Waals surface area contributed by atoms with Crippen molar-refractivity contribution < 1.29 is 18.3 Å². The largest absolute Gasteiger partial charge is 0.477 e. The third-order valence-corrected chi connectivity index (χ3v) is 6.13. The first-order valence-electron chi connectivity index (χ1n) is 7.41. The molecule has 1 aliphatic rings. The standard InChI is InChI=1S/C15H18N4O4S/c1-3-6-18-11(2)14(9-13(18)15(20)21)24(22,23)17-7-8-19-12(10-17)4-5-16-19/h3-5,9H,1,6-8,10H2,2H3,(H,20,21). The van der Waals surface area contributed by atoms with E-state index >= 15 is 0 Å². The summed E-state index contributed by atoms with van der Waals surface area (Å²) < 4.78 is 30.6. The lowest BCUT2D eigenvalue weighted by Crippen LogP contribution is -2.38. The minimum atomic E-state index is -3.79. The first-order chi connectivity index (χ1) is 11.4. The highest BCUT2D eigenvalue weighted by atomic mass is 32.2. The summed E-state index contributed by atoms with van der Waals surface area (Å²) in [6.45, 7) is 6.42. The number of fused-ring (bicyclic) bond motifs is 1. The lowest BCUT2D eigenvalue weighted by molar-refractivity contribution is 0.0685. The van der Waals surface area contributed by atoms with Crippen molar-refractivity contribution in [1.82, 2.24) is 18.7 Å². The number of allylic oxidation sites excluding steroid dienone is 1. The van der Waals surface area contributed by atoms with Gasteiger partial charge in [-0.15, -0.1) is 6.58 Å². The highest BCUT2D eigenvalue weighted by Crippen LogP contribution is 2.27. The van der Waals surface area contributed by atoms with Crippen LogP contribution in [0.2, 0.25) is 0 Å². The van der Waals surface area contributed by atoms with Gasteiger partial charge in [-0.25, -0.2) is 13.2 Å². The first kappa shape index (κ1) is 16.5. The molecule has 0 aromatic carbocycles. The van der Waals surface area contributed by atoms with E-state index in [-0.39, 0.29) is 23.7 Å². The van der Waals surface area contributed by atoms with Gasteiger partial charge in [-0.05, 0) is 19.1 Å². The normalized spacial score (nSPS) is 15.2. The second-order valence-corrected chi connectivity index (χ2v) is 7.47. The Morgan fingerprint density at radius 3 is 2.88 bits per heavy atom. The number of rotatable bonds is 5. The van der Waals surface area contributed by atoms with E-state index in [2.05, 4.69) is 11.7 Å². The number of hydrogen-bond acceptors (Lipinski definition) is 4. The third kappa shape index (κ3) is 2.55. The van der Waals surface area contributed by atoms with Gasteiger partial charge in [0, 0.05) is 25.0 Å². The summed E-state index contributed by atoms with van der Waals surface area (Å²) in [5.41, 5.74) is 1.14. The van der Waals surface area contributed by atoms with Gasteiger partial charge >= 0.3 is 5.97 Å². The molecule has 0 atom stereocenters. The molecule has 3 rings (SSSR count). The number of carboxylic acids is 1. The van der Waals surface area contributed by atoms with Crippen LogP contribution in [-0.2, 0) is 29.7 Å². The summed E-state index contributed by atoms with van der Waals surface area (Å²) in [6, 6.07) is 3.00. The van der Waals surface area contributed by atoms with E-state index in [1.807, 2.05) is 0 Å². The van der Waals surface area contributed by atoms with Crippen LogP contribution in [0.25, 0.3) is 0 Å². The molecule has 1 N–H and O–H groups in total. The topological polar surface area (TPSA) is 97.4 Å². The van der Waals surface area contributed by atoms with Crippen LogP contribution in [-0.4, -0.2) is 44.7 Å². The van der Waals surface area contributed by atoms with Crippen molar-refractivity contribution in [1.29, 1.82) is 0 Å². The fourth-order valence-corrected chi connectivity index (χ4v) is 4.58. The second kappa shape index (κ2) is 5.91. The number of aromatic carboxylic acids is 1. The van der Waals surface area contributed by atoms with Crippen molar-refractivity contribution >= 4 is 16.0 Å². The van der Waals surface area contributed by atoms with Gasteiger partial charge in [-0.1, -0.05) is 6.08 Å². The molecule has 2 aromatic heterocycles. The van der Waals surface area contributed by atoms with Crippen LogP contribution in [0.5, 0.6) is 0 Å². The zero-order valence-corrected chi connectivity index (χ0v) is 14.0. The number of nitrogens with zero attached hydrogens (tertiary/aromatic N) is 4. The maximum absolute atomic E-state index is 13.0. The summed E-state index contributed by atoms with van der Waals surface area (Å²) in [6.07, 6.45) is 3.18. The molecule has 1 aliphatic heterocycles. The molecule has 2 aromatic rings. The maximum atomic E-state index is 13.0. The molecular weight excluding hydrogens is 332 g/mol. The molecule has 0 radical (unpaired) electrons. The minimum absolute atomic E-state index is 0.0229. The van der Waals surface area contributed by atoms with E-state index in [0.29, 0.717) is 18.8 Å². The monoisotopic (exact) mass is 350 g/mol. The summed E-state index contributed by atoms with van der Waals surface area (Å²) in [7, 11) is -3.79. The Bertz CT molecular complexity index is 910. The van der Waals surface area contributed by atoms with Crippen LogP contribution >= 0.6 is 0 Å². The molecule has 8 nitrogen and oxygen atoms in total. The molecule has 0 saturated carbocycles. The Morgan fingerprint density at radius 2 is 2.21 bits per heavy atom. The van der Waals surface area contributed by atoms with E-state index < -0.39 is 16.0 Å². The number of carbonyl (C=O) groups is 1. The van der Waals surface area contributed by atoms with Crippen molar-refractivity contribution in [3.8, 4) is 0 Å². The van der Waals surface area contributed by atoms with E-state index in [9.17, 15) is 18.3 Å². The predicted octanol–water partition coefficient (Wildman–Crippen LogP) is 1.08. The third-order valence-electron chi connectivity index (χ3n) is 4.17. The molecule has 128 valence electrons. The van der Waals surface area contributed by atoms with Crippen LogP contribution in [0.3, 0.4) is 0 Å². The van der Waals surface area contributed by atoms with E-state index in [1.54, 1.807) is 23.9 Å². The zero-order chi connectivity index (χ0) is 17.5. The van der Waals surface area contributed by atoms with Gasteiger partial charge in [-0.2, -0.15) is 9.40 Å². The van der Waals surface area contributed by atoms with Crippen LogP contribution in [0, 0.1) is 6.92 Å². The van der Waals surface area contributed by atoms with Gasteiger partial charge in [0.25, 0.3) is 0 Å². The van der Waals surface area contributed by atoms with Crippen molar-refractivity contribution in [2.24, 2.45) is 0 Å². The van der Waals surface area contributed by atoms with E-state index in [0.717, 1.165) is 5.69 Å². The quantitative estimate of drug-likeness (QED) is 0.814. The molecule has 0 amide bonds. The van der Waals surface area contributed by atoms with Crippen molar-refractivity contribution in [2.75, 3.05) is 6.54 Å². The van der Waals surface area contributed by atoms with Crippen LogP contribution in [0.1, 0.15) is 21.9 Å². The molecule has 0 saturated heterocycles. The summed E-state index contributed by atoms with van der Waals surface area (Å²) in [5.74, 6) is -1.17. The fourth-order valence-electron chi connectivity index (χ4n) is 2.93. The average molecular weight is 350 g/mol. The molecule has 9 heteroatoms.